The van der Waals surface area contributed by atoms with Gasteiger partial charge >= 0.3 is 0 Å². The lowest BCUT2D eigenvalue weighted by Crippen LogP contribution is -3.18. The van der Waals surface area contributed by atoms with E-state index in [9.17, 15) is 9.59 Å². The molecule has 1 aromatic heterocycles. The number of hydrogen-bond acceptors (Lipinski definition) is 3. The Morgan fingerprint density at radius 1 is 1.27 bits per heavy atom. The van der Waals surface area contributed by atoms with Crippen LogP contribution < -0.4 is 16.0 Å². The third kappa shape index (κ3) is 3.33. The van der Waals surface area contributed by atoms with Gasteiger partial charge in [0.15, 0.2) is 6.54 Å². The monoisotopic (exact) mass is 322 g/mol. The molecular weight excluding hydrogens is 298 g/mol. The topological polar surface area (TPSA) is 76.6 Å². The fourth-order valence-electron chi connectivity index (χ4n) is 4.06. The number of primary amides is 1. The van der Waals surface area contributed by atoms with E-state index in [1.165, 1.54) is 54.8 Å². The van der Waals surface area contributed by atoms with E-state index in [0.29, 0.717) is 23.2 Å². The number of rotatable bonds is 4. The first-order valence-electron chi connectivity index (χ1n) is 8.17. The molecule has 2 heterocycles. The van der Waals surface area contributed by atoms with Crippen LogP contribution in [-0.4, -0.2) is 30.9 Å². The quantitative estimate of drug-likeness (QED) is 0.774. The minimum absolute atomic E-state index is 0.00817. The number of carbonyl (C=O) groups is 2. The average Bonchev–Trinajstić information content (AvgIpc) is 2.96. The summed E-state index contributed by atoms with van der Waals surface area (Å²) in [4.78, 5) is 25.1. The van der Waals surface area contributed by atoms with Gasteiger partial charge in [0.1, 0.15) is 5.00 Å². The number of nitrogens with two attached hydrogens (primary N) is 1. The van der Waals surface area contributed by atoms with Gasteiger partial charge < -0.3 is 16.0 Å². The maximum absolute atomic E-state index is 12.4. The van der Waals surface area contributed by atoms with Crippen molar-refractivity contribution < 1.29 is 14.5 Å². The summed E-state index contributed by atoms with van der Waals surface area (Å²) in [6.45, 7) is 1.58. The fourth-order valence-corrected chi connectivity index (χ4v) is 4.87. The van der Waals surface area contributed by atoms with E-state index in [-0.39, 0.29) is 5.91 Å². The number of quaternary nitrogens is 1. The van der Waals surface area contributed by atoms with Crippen LogP contribution in [0.15, 0.2) is 11.4 Å². The predicted octanol–water partition coefficient (Wildman–Crippen LogP) is 1.02. The molecule has 2 amide bonds. The van der Waals surface area contributed by atoms with E-state index in [4.69, 9.17) is 5.73 Å². The predicted molar refractivity (Wildman–Crippen MR) is 87.1 cm³/mol. The summed E-state index contributed by atoms with van der Waals surface area (Å²) in [6.07, 6.45) is 7.76. The molecule has 1 saturated heterocycles. The van der Waals surface area contributed by atoms with Crippen LogP contribution in [0, 0.1) is 5.92 Å². The van der Waals surface area contributed by atoms with Crippen molar-refractivity contribution in [2.75, 3.05) is 18.4 Å². The van der Waals surface area contributed by atoms with E-state index in [1.807, 2.05) is 0 Å². The summed E-state index contributed by atoms with van der Waals surface area (Å²) in [5.41, 5.74) is 5.72. The van der Waals surface area contributed by atoms with E-state index < -0.39 is 5.91 Å². The van der Waals surface area contributed by atoms with E-state index in [2.05, 4.69) is 5.32 Å². The Kier molecular flexibility index (Phi) is 4.78. The molecule has 0 radical (unpaired) electrons. The molecule has 120 valence electrons. The van der Waals surface area contributed by atoms with Crippen molar-refractivity contribution in [3.05, 3.63) is 17.0 Å². The summed E-state index contributed by atoms with van der Waals surface area (Å²) >= 11 is 1.35. The molecule has 0 spiro atoms. The minimum Gasteiger partial charge on any atom is -0.366 e. The maximum Gasteiger partial charge on any atom is 0.280 e. The SMILES string of the molecule is NC(=O)c1ccsc1NC(=O)C[NH+]1CCC[C@@H]2CCCC[C@@H]21. The fraction of sp³-hybridized carbons (Fsp3) is 0.625. The van der Waals surface area contributed by atoms with Crippen molar-refractivity contribution in [3.63, 3.8) is 0 Å². The lowest BCUT2D eigenvalue weighted by Gasteiger charge is -2.40. The van der Waals surface area contributed by atoms with Crippen molar-refractivity contribution in [2.24, 2.45) is 11.7 Å². The number of amides is 2. The molecule has 1 saturated carbocycles. The minimum atomic E-state index is -0.491. The Bertz CT molecular complexity index is 555. The smallest absolute Gasteiger partial charge is 0.280 e. The lowest BCUT2D eigenvalue weighted by atomic mass is 9.78. The third-order valence-corrected chi connectivity index (χ3v) is 5.91. The largest absolute Gasteiger partial charge is 0.366 e. The van der Waals surface area contributed by atoms with Crippen molar-refractivity contribution in [1.29, 1.82) is 0 Å². The van der Waals surface area contributed by atoms with E-state index >= 15 is 0 Å². The van der Waals surface area contributed by atoms with Gasteiger partial charge in [0.25, 0.3) is 11.8 Å². The maximum atomic E-state index is 12.4. The van der Waals surface area contributed by atoms with Crippen LogP contribution in [0.4, 0.5) is 5.00 Å². The Hall–Kier alpha value is -1.40. The van der Waals surface area contributed by atoms with Crippen LogP contribution >= 0.6 is 11.3 Å². The van der Waals surface area contributed by atoms with Crippen LogP contribution in [-0.2, 0) is 4.79 Å². The van der Waals surface area contributed by atoms with E-state index in [0.717, 1.165) is 12.5 Å². The van der Waals surface area contributed by atoms with Crippen molar-refractivity contribution in [2.45, 2.75) is 44.6 Å². The zero-order valence-electron chi connectivity index (χ0n) is 12.8. The molecule has 1 aromatic rings. The summed E-state index contributed by atoms with van der Waals surface area (Å²) in [7, 11) is 0. The summed E-state index contributed by atoms with van der Waals surface area (Å²) < 4.78 is 0. The van der Waals surface area contributed by atoms with Gasteiger partial charge in [-0.25, -0.2) is 0 Å². The van der Waals surface area contributed by atoms with Crippen LogP contribution in [0.2, 0.25) is 0 Å². The Morgan fingerprint density at radius 3 is 2.86 bits per heavy atom. The molecular formula is C16H24N3O2S+. The molecule has 1 aliphatic heterocycles. The van der Waals surface area contributed by atoms with Crippen LogP contribution in [0.5, 0.6) is 0 Å². The highest BCUT2D eigenvalue weighted by Crippen LogP contribution is 2.28. The zero-order chi connectivity index (χ0) is 15.5. The number of anilines is 1. The highest BCUT2D eigenvalue weighted by molar-refractivity contribution is 7.14. The standard InChI is InChI=1S/C16H23N3O2S/c17-15(21)12-7-9-22-16(12)18-14(20)10-19-8-3-5-11-4-1-2-6-13(11)19/h7,9,11,13H,1-6,8,10H2,(H2,17,21)(H,18,20)/p+1/t11-,13-/m0/s1. The highest BCUT2D eigenvalue weighted by Gasteiger charge is 2.37. The number of thiophene rings is 1. The van der Waals surface area contributed by atoms with Crippen molar-refractivity contribution in [3.8, 4) is 0 Å². The molecule has 0 aromatic carbocycles. The zero-order valence-corrected chi connectivity index (χ0v) is 13.6. The normalized spacial score (nSPS) is 27.9. The van der Waals surface area contributed by atoms with Gasteiger partial charge in [0.05, 0.1) is 18.2 Å². The third-order valence-electron chi connectivity index (χ3n) is 5.08. The first-order chi connectivity index (χ1) is 10.6. The van der Waals surface area contributed by atoms with Gasteiger partial charge in [-0.2, -0.15) is 0 Å². The van der Waals surface area contributed by atoms with Gasteiger partial charge in [-0.3, -0.25) is 9.59 Å². The molecule has 0 bridgehead atoms. The number of hydrogen-bond donors (Lipinski definition) is 3. The molecule has 3 rings (SSSR count). The highest BCUT2D eigenvalue weighted by atomic mass is 32.1. The molecule has 2 fully saturated rings. The summed E-state index contributed by atoms with van der Waals surface area (Å²) in [5, 5.41) is 5.23. The first-order valence-corrected chi connectivity index (χ1v) is 9.05. The lowest BCUT2D eigenvalue weighted by molar-refractivity contribution is -0.928. The van der Waals surface area contributed by atoms with Gasteiger partial charge in [0, 0.05) is 5.92 Å². The second-order valence-electron chi connectivity index (χ2n) is 6.45. The van der Waals surface area contributed by atoms with Crippen molar-refractivity contribution >= 4 is 28.2 Å². The molecule has 1 unspecified atom stereocenters. The first kappa shape index (κ1) is 15.5. The Morgan fingerprint density at radius 2 is 2.05 bits per heavy atom. The summed E-state index contributed by atoms with van der Waals surface area (Å²) in [5.74, 6) is 0.300. The number of carbonyl (C=O) groups excluding carboxylic acids is 2. The van der Waals surface area contributed by atoms with E-state index in [1.54, 1.807) is 11.4 Å². The number of piperidine rings is 1. The van der Waals surface area contributed by atoms with Crippen LogP contribution in [0.3, 0.4) is 0 Å². The van der Waals surface area contributed by atoms with Gasteiger partial charge in [-0.05, 0) is 43.6 Å². The Labute approximate surface area is 134 Å². The summed E-state index contributed by atoms with van der Waals surface area (Å²) in [6, 6.07) is 2.31. The molecule has 6 heteroatoms. The number of fused-ring (bicyclic) bond motifs is 1. The number of likely N-dealkylation sites (tertiary alicyclic amines) is 1. The van der Waals surface area contributed by atoms with Crippen LogP contribution in [0.1, 0.15) is 48.9 Å². The molecule has 22 heavy (non-hydrogen) atoms. The molecule has 2 aliphatic rings. The Balaban J connectivity index is 1.61. The molecule has 5 nitrogen and oxygen atoms in total. The van der Waals surface area contributed by atoms with Gasteiger partial charge in [0.2, 0.25) is 0 Å². The van der Waals surface area contributed by atoms with Crippen molar-refractivity contribution in [1.82, 2.24) is 0 Å². The molecule has 4 N–H and O–H groups in total. The van der Waals surface area contributed by atoms with Gasteiger partial charge in [-0.15, -0.1) is 11.3 Å². The average molecular weight is 322 g/mol. The second-order valence-corrected chi connectivity index (χ2v) is 7.37. The van der Waals surface area contributed by atoms with Crippen LogP contribution in [0.25, 0.3) is 0 Å². The molecule has 1 aliphatic carbocycles. The second kappa shape index (κ2) is 6.79. The van der Waals surface area contributed by atoms with Gasteiger partial charge in [-0.1, -0.05) is 6.42 Å². The number of nitrogens with one attached hydrogen (secondary N) is 2. The molecule has 3 atom stereocenters.